The van der Waals surface area contributed by atoms with Gasteiger partial charge in [0.05, 0.1) is 42.7 Å². The lowest BCUT2D eigenvalue weighted by Crippen LogP contribution is -2.40. The molecular formula is C22H41ClO10. The van der Waals surface area contributed by atoms with Crippen molar-refractivity contribution in [3.8, 4) is 0 Å². The second-order valence-electron chi connectivity index (χ2n) is 8.38. The molecule has 11 heteroatoms. The molecule has 33 heavy (non-hydrogen) atoms. The molecule has 0 spiro atoms. The van der Waals surface area contributed by atoms with Crippen molar-refractivity contribution in [1.29, 1.82) is 0 Å². The SMILES string of the molecule is C=C[C@H](C)[C@H](O)[C@@H](C)C(=O)O.C[C@@H](CO)[C@H](O)[C@@H](C)C(=O)O.C[C@H]1COC(=O)[C@H](C)[C@H]1O.Cl. The van der Waals surface area contributed by atoms with Crippen LogP contribution in [0.2, 0.25) is 0 Å². The van der Waals surface area contributed by atoms with E-state index in [9.17, 15) is 29.7 Å². The van der Waals surface area contributed by atoms with E-state index in [1.54, 1.807) is 26.8 Å². The van der Waals surface area contributed by atoms with Gasteiger partial charge in [-0.15, -0.1) is 19.0 Å². The lowest BCUT2D eigenvalue weighted by molar-refractivity contribution is -0.164. The average Bonchev–Trinajstić information content (AvgIpc) is 2.77. The number of carbonyl (C=O) groups is 3. The zero-order chi connectivity index (χ0) is 25.8. The molecule has 1 aliphatic heterocycles. The van der Waals surface area contributed by atoms with Crippen molar-refractivity contribution in [3.63, 3.8) is 0 Å². The summed E-state index contributed by atoms with van der Waals surface area (Å²) in [5.74, 6) is -4.71. The monoisotopic (exact) mass is 500 g/mol. The van der Waals surface area contributed by atoms with E-state index in [1.165, 1.54) is 13.8 Å². The number of aliphatic hydroxyl groups is 4. The third-order valence-corrected chi connectivity index (χ3v) is 5.54. The number of cyclic esters (lactones) is 1. The summed E-state index contributed by atoms with van der Waals surface area (Å²) in [5, 5.41) is 53.4. The van der Waals surface area contributed by atoms with Crippen LogP contribution in [0.15, 0.2) is 12.7 Å². The van der Waals surface area contributed by atoms with Crippen LogP contribution in [0.5, 0.6) is 0 Å². The molecule has 0 aromatic rings. The molecule has 1 aliphatic rings. The van der Waals surface area contributed by atoms with Gasteiger partial charge >= 0.3 is 17.9 Å². The molecule has 9 atom stereocenters. The highest BCUT2D eigenvalue weighted by molar-refractivity contribution is 5.85. The summed E-state index contributed by atoms with van der Waals surface area (Å²) in [6, 6.07) is 0. The summed E-state index contributed by atoms with van der Waals surface area (Å²) in [5.41, 5.74) is 0. The molecule has 0 amide bonds. The van der Waals surface area contributed by atoms with E-state index in [0.717, 1.165) is 0 Å². The van der Waals surface area contributed by atoms with E-state index in [0.29, 0.717) is 6.61 Å². The number of ether oxygens (including phenoxy) is 1. The molecule has 196 valence electrons. The lowest BCUT2D eigenvalue weighted by atomic mass is 9.92. The first kappa shape index (κ1) is 35.9. The van der Waals surface area contributed by atoms with Gasteiger partial charge in [-0.1, -0.05) is 26.8 Å². The minimum atomic E-state index is -1.04. The Labute approximate surface area is 201 Å². The third kappa shape index (κ3) is 12.9. The molecule has 10 nitrogen and oxygen atoms in total. The quantitative estimate of drug-likeness (QED) is 0.209. The van der Waals surface area contributed by atoms with Gasteiger partial charge in [-0.2, -0.15) is 0 Å². The predicted octanol–water partition coefficient (Wildman–Crippen LogP) is 1.18. The number of carboxylic acids is 2. The largest absolute Gasteiger partial charge is 0.481 e. The second-order valence-corrected chi connectivity index (χ2v) is 8.38. The first-order chi connectivity index (χ1) is 14.6. The molecule has 0 bridgehead atoms. The Hall–Kier alpha value is -1.72. The Morgan fingerprint density at radius 2 is 1.48 bits per heavy atom. The summed E-state index contributed by atoms with van der Waals surface area (Å²) in [7, 11) is 0. The number of carboxylic acid groups (broad SMARTS) is 2. The van der Waals surface area contributed by atoms with Crippen molar-refractivity contribution >= 4 is 30.3 Å². The fourth-order valence-corrected chi connectivity index (χ4v) is 2.56. The molecular weight excluding hydrogens is 460 g/mol. The number of rotatable bonds is 8. The van der Waals surface area contributed by atoms with Crippen molar-refractivity contribution in [1.82, 2.24) is 0 Å². The van der Waals surface area contributed by atoms with Crippen LogP contribution in [0.1, 0.15) is 41.5 Å². The molecule has 0 aromatic carbocycles. The van der Waals surface area contributed by atoms with Crippen LogP contribution in [0.3, 0.4) is 0 Å². The van der Waals surface area contributed by atoms with Gasteiger partial charge in [-0.3, -0.25) is 14.4 Å². The molecule has 0 unspecified atom stereocenters. The van der Waals surface area contributed by atoms with Gasteiger partial charge < -0.3 is 35.4 Å². The number of hydrogen-bond acceptors (Lipinski definition) is 8. The summed E-state index contributed by atoms with van der Waals surface area (Å²) in [6.45, 7) is 13.4. The van der Waals surface area contributed by atoms with Gasteiger partial charge in [0.25, 0.3) is 0 Å². The van der Waals surface area contributed by atoms with Crippen LogP contribution < -0.4 is 0 Å². The Morgan fingerprint density at radius 3 is 1.82 bits per heavy atom. The van der Waals surface area contributed by atoms with E-state index in [-0.39, 0.29) is 48.7 Å². The minimum absolute atomic E-state index is 0. The number of esters is 1. The number of halogens is 1. The highest BCUT2D eigenvalue weighted by Gasteiger charge is 2.33. The fourth-order valence-electron chi connectivity index (χ4n) is 2.56. The topological polar surface area (TPSA) is 182 Å². The second kappa shape index (κ2) is 17.7. The first-order valence-corrected chi connectivity index (χ1v) is 10.5. The number of aliphatic carboxylic acids is 2. The third-order valence-electron chi connectivity index (χ3n) is 5.54. The molecule has 0 aliphatic carbocycles. The highest BCUT2D eigenvalue weighted by atomic mass is 35.5. The number of hydrogen-bond donors (Lipinski definition) is 6. The van der Waals surface area contributed by atoms with Crippen LogP contribution in [0, 0.1) is 35.5 Å². The van der Waals surface area contributed by atoms with Gasteiger partial charge in [0.15, 0.2) is 0 Å². The van der Waals surface area contributed by atoms with Crippen molar-refractivity contribution in [3.05, 3.63) is 12.7 Å². The van der Waals surface area contributed by atoms with E-state index in [4.69, 9.17) is 20.1 Å². The smallest absolute Gasteiger partial charge is 0.311 e. The molecule has 6 N–H and O–H groups in total. The van der Waals surface area contributed by atoms with Crippen LogP contribution in [0.4, 0.5) is 0 Å². The molecule has 0 radical (unpaired) electrons. The molecule has 0 saturated carbocycles. The molecule has 1 saturated heterocycles. The van der Waals surface area contributed by atoms with E-state index in [2.05, 4.69) is 6.58 Å². The molecule has 1 rings (SSSR count). The highest BCUT2D eigenvalue weighted by Crippen LogP contribution is 2.20. The van der Waals surface area contributed by atoms with Crippen LogP contribution >= 0.6 is 12.4 Å². The van der Waals surface area contributed by atoms with Crippen LogP contribution in [-0.4, -0.2) is 80.1 Å². The van der Waals surface area contributed by atoms with Gasteiger partial charge in [-0.25, -0.2) is 0 Å². The zero-order valence-electron chi connectivity index (χ0n) is 20.1. The molecule has 1 fully saturated rings. The summed E-state index contributed by atoms with van der Waals surface area (Å²) in [4.78, 5) is 31.5. The van der Waals surface area contributed by atoms with Gasteiger partial charge in [-0.05, 0) is 20.8 Å². The summed E-state index contributed by atoms with van der Waals surface area (Å²) < 4.78 is 4.77. The van der Waals surface area contributed by atoms with E-state index < -0.39 is 42.1 Å². The van der Waals surface area contributed by atoms with Crippen molar-refractivity contribution in [2.75, 3.05) is 13.2 Å². The number of aliphatic hydroxyl groups excluding tert-OH is 4. The van der Waals surface area contributed by atoms with Crippen LogP contribution in [0.25, 0.3) is 0 Å². The maximum absolute atomic E-state index is 10.8. The number of carbonyl (C=O) groups excluding carboxylic acids is 1. The van der Waals surface area contributed by atoms with Crippen molar-refractivity contribution in [2.45, 2.75) is 59.9 Å². The van der Waals surface area contributed by atoms with E-state index in [1.807, 2.05) is 6.92 Å². The van der Waals surface area contributed by atoms with Gasteiger partial charge in [0, 0.05) is 24.4 Å². The zero-order valence-corrected chi connectivity index (χ0v) is 20.9. The maximum atomic E-state index is 10.8. The predicted molar refractivity (Wildman–Crippen MR) is 124 cm³/mol. The Kier molecular flexibility index (Phi) is 19.3. The van der Waals surface area contributed by atoms with E-state index >= 15 is 0 Å². The van der Waals surface area contributed by atoms with Crippen LogP contribution in [-0.2, 0) is 19.1 Å². The lowest BCUT2D eigenvalue weighted by Gasteiger charge is -2.28. The van der Waals surface area contributed by atoms with Crippen molar-refractivity contribution in [2.24, 2.45) is 35.5 Å². The Morgan fingerprint density at radius 1 is 1.06 bits per heavy atom. The van der Waals surface area contributed by atoms with Gasteiger partial charge in [0.1, 0.15) is 0 Å². The summed E-state index contributed by atoms with van der Waals surface area (Å²) >= 11 is 0. The molecule has 0 aromatic heterocycles. The first-order valence-electron chi connectivity index (χ1n) is 10.5. The fraction of sp³-hybridized carbons (Fsp3) is 0.773. The Balaban J connectivity index is -0.000000403. The minimum Gasteiger partial charge on any atom is -0.481 e. The Bertz CT molecular complexity index is 600. The average molecular weight is 501 g/mol. The van der Waals surface area contributed by atoms with Crippen molar-refractivity contribution < 1.29 is 49.8 Å². The normalized spacial score (nSPS) is 24.9. The summed E-state index contributed by atoms with van der Waals surface area (Å²) in [6.07, 6.45) is -0.798. The standard InChI is InChI=1S/C8H14O3.C7H14O4.C7H12O3.ClH/c1-4-5(2)7(9)6(3)8(10)11;1-4(3-8)6(9)5(2)7(10)11;1-4-3-10-7(9)5(2)6(4)8;/h4-7,9H,1H2,2-3H3,(H,10,11);4-6,8-9H,3H2,1-2H3,(H,10,11);4-6,8H,3H2,1-2H3;1H/t5-,6+,7-;2*4-,5+,6-;/m000./s1. The van der Waals surface area contributed by atoms with Gasteiger partial charge in [0.2, 0.25) is 0 Å². The maximum Gasteiger partial charge on any atom is 0.311 e. The molecule has 1 heterocycles.